The van der Waals surface area contributed by atoms with Crippen molar-refractivity contribution in [3.8, 4) is 0 Å². The van der Waals surface area contributed by atoms with Gasteiger partial charge in [0.15, 0.2) is 0 Å². The average molecular weight is 687 g/mol. The Morgan fingerprint density at radius 3 is 2.22 bits per heavy atom. The molecule has 1 aromatic rings. The van der Waals surface area contributed by atoms with Gasteiger partial charge in [0.2, 0.25) is 5.91 Å². The van der Waals surface area contributed by atoms with Gasteiger partial charge in [-0.25, -0.2) is 4.79 Å². The molecule has 0 bridgehead atoms. The number of amides is 1. The summed E-state index contributed by atoms with van der Waals surface area (Å²) in [5.74, 6) is 0.667. The second-order valence-electron chi connectivity index (χ2n) is 18.3. The van der Waals surface area contributed by atoms with E-state index < -0.39 is 11.9 Å². The maximum atomic E-state index is 14.4. The van der Waals surface area contributed by atoms with Crippen LogP contribution in [0.5, 0.6) is 0 Å². The highest BCUT2D eigenvalue weighted by Gasteiger charge is 2.71. The number of hydrogen-bond acceptors (Lipinski definition) is 4. The van der Waals surface area contributed by atoms with Gasteiger partial charge < -0.3 is 15.5 Å². The first kappa shape index (κ1) is 36.8. The number of benzene rings is 1. The lowest BCUT2D eigenvalue weighted by atomic mass is 9.32. The highest BCUT2D eigenvalue weighted by Crippen LogP contribution is 2.77. The molecule has 0 spiro atoms. The number of hydrogen-bond donors (Lipinski definition) is 3. The van der Waals surface area contributed by atoms with Crippen molar-refractivity contribution in [2.45, 2.75) is 106 Å². The molecular weight excluding hydrogens is 624 g/mol. The summed E-state index contributed by atoms with van der Waals surface area (Å²) in [6, 6.07) is 7.48. The number of carbonyl (C=O) groups is 3. The molecule has 1 unspecified atom stereocenters. The van der Waals surface area contributed by atoms with E-state index in [0.29, 0.717) is 48.9 Å². The molecule has 0 radical (unpaired) electrons. The number of fused-ring (bicyclic) bond motifs is 7. The van der Waals surface area contributed by atoms with Crippen LogP contribution in [0.3, 0.4) is 0 Å². The molecule has 0 heterocycles. The summed E-state index contributed by atoms with van der Waals surface area (Å²) in [6.07, 6.45) is 12.2. The van der Waals surface area contributed by atoms with Crippen molar-refractivity contribution in [2.75, 3.05) is 26.2 Å². The number of aliphatic carboxylic acids is 1. The maximum absolute atomic E-state index is 14.4. The number of carboxylic acids is 2. The Hall–Kier alpha value is -2.93. The van der Waals surface area contributed by atoms with Gasteiger partial charge in [0.1, 0.15) is 0 Å². The van der Waals surface area contributed by atoms with E-state index in [9.17, 15) is 24.6 Å². The van der Waals surface area contributed by atoms with Crippen LogP contribution in [0.2, 0.25) is 0 Å². The van der Waals surface area contributed by atoms with Crippen molar-refractivity contribution in [1.29, 1.82) is 0 Å². The number of allylic oxidation sites excluding steroid dienone is 3. The molecule has 4 saturated carbocycles. The Labute approximate surface area is 300 Å². The topological polar surface area (TPSA) is 107 Å². The van der Waals surface area contributed by atoms with Gasteiger partial charge in [-0.3, -0.25) is 14.5 Å². The number of carbonyl (C=O) groups excluding carboxylic acids is 1. The molecule has 5 aliphatic rings. The molecule has 5 aliphatic carbocycles. The van der Waals surface area contributed by atoms with Crippen LogP contribution in [0.4, 0.5) is 0 Å². The fourth-order valence-corrected chi connectivity index (χ4v) is 13.5. The summed E-state index contributed by atoms with van der Waals surface area (Å²) in [4.78, 5) is 39.2. The number of rotatable bonds is 10. The summed E-state index contributed by atoms with van der Waals surface area (Å²) in [6.45, 7) is 23.0. The lowest BCUT2D eigenvalue weighted by Crippen LogP contribution is -2.66. The van der Waals surface area contributed by atoms with E-state index in [0.717, 1.165) is 44.1 Å². The normalized spacial score (nSPS) is 38.6. The summed E-state index contributed by atoms with van der Waals surface area (Å²) >= 11 is 0. The minimum absolute atomic E-state index is 0.00794. The van der Waals surface area contributed by atoms with Gasteiger partial charge in [0, 0.05) is 13.1 Å². The molecule has 50 heavy (non-hydrogen) atoms. The van der Waals surface area contributed by atoms with Crippen molar-refractivity contribution < 1.29 is 24.6 Å². The van der Waals surface area contributed by atoms with Gasteiger partial charge in [-0.1, -0.05) is 71.9 Å². The van der Waals surface area contributed by atoms with Gasteiger partial charge in [0.25, 0.3) is 0 Å². The van der Waals surface area contributed by atoms with Crippen LogP contribution in [-0.4, -0.2) is 59.1 Å². The minimum Gasteiger partial charge on any atom is -0.480 e. The largest absolute Gasteiger partial charge is 0.480 e. The smallest absolute Gasteiger partial charge is 0.335 e. The molecular formula is C43H62N2O5. The summed E-state index contributed by atoms with van der Waals surface area (Å²) < 4.78 is 0. The van der Waals surface area contributed by atoms with Gasteiger partial charge in [-0.2, -0.15) is 0 Å². The second kappa shape index (κ2) is 12.9. The summed E-state index contributed by atoms with van der Waals surface area (Å²) in [5.41, 5.74) is 4.07. The van der Waals surface area contributed by atoms with E-state index in [2.05, 4.69) is 59.5 Å². The second-order valence-corrected chi connectivity index (χ2v) is 18.3. The molecule has 3 N–H and O–H groups in total. The predicted molar refractivity (Wildman–Crippen MR) is 198 cm³/mol. The van der Waals surface area contributed by atoms with Crippen LogP contribution in [-0.2, 0) is 9.59 Å². The Morgan fingerprint density at radius 1 is 0.900 bits per heavy atom. The SMILES string of the molecule is C=C(C)C1CC[C@]2(C(=O)NCCN(CC)CC(=O)O)CC[C@]3(C)[C@H](CC[C@@H]4[C@@]5(C)CC=C(c6ccc(C(=O)O)cc6)C(C)(C)[C@@H]5CC[C@]43C)[C@@H]12. The van der Waals surface area contributed by atoms with Crippen molar-refractivity contribution >= 4 is 23.4 Å². The van der Waals surface area contributed by atoms with Crippen LogP contribution >= 0.6 is 0 Å². The Kier molecular flexibility index (Phi) is 9.53. The third kappa shape index (κ3) is 5.51. The lowest BCUT2D eigenvalue weighted by molar-refractivity contribution is -0.225. The fraction of sp³-hybridized carbons (Fsp3) is 0.698. The zero-order chi connectivity index (χ0) is 36.4. The van der Waals surface area contributed by atoms with Crippen molar-refractivity contribution in [3.63, 3.8) is 0 Å². The first-order valence-corrected chi connectivity index (χ1v) is 19.4. The summed E-state index contributed by atoms with van der Waals surface area (Å²) in [5, 5.41) is 22.1. The molecule has 274 valence electrons. The lowest BCUT2D eigenvalue weighted by Gasteiger charge is -2.72. The van der Waals surface area contributed by atoms with E-state index in [1.807, 2.05) is 24.0 Å². The zero-order valence-electron chi connectivity index (χ0n) is 31.7. The number of likely N-dealkylation sites (N-methyl/N-ethyl adjacent to an activating group) is 1. The average Bonchev–Trinajstić information content (AvgIpc) is 3.45. The van der Waals surface area contributed by atoms with Gasteiger partial charge in [-0.05, 0) is 146 Å². The van der Waals surface area contributed by atoms with Crippen molar-refractivity contribution in [1.82, 2.24) is 10.2 Å². The number of aromatic carboxylic acids is 1. The monoisotopic (exact) mass is 686 g/mol. The molecule has 7 nitrogen and oxygen atoms in total. The van der Waals surface area contributed by atoms with E-state index in [4.69, 9.17) is 0 Å². The molecule has 1 amide bonds. The molecule has 7 heteroatoms. The first-order chi connectivity index (χ1) is 23.5. The van der Waals surface area contributed by atoms with Crippen LogP contribution in [0.15, 0.2) is 42.5 Å². The highest BCUT2D eigenvalue weighted by atomic mass is 16.4. The first-order valence-electron chi connectivity index (χ1n) is 19.4. The minimum atomic E-state index is -0.888. The van der Waals surface area contributed by atoms with E-state index in [-0.39, 0.29) is 45.4 Å². The van der Waals surface area contributed by atoms with E-state index in [1.54, 1.807) is 12.1 Å². The number of nitrogens with zero attached hydrogens (tertiary/aromatic N) is 1. The van der Waals surface area contributed by atoms with E-state index in [1.165, 1.54) is 30.4 Å². The molecule has 0 saturated heterocycles. The maximum Gasteiger partial charge on any atom is 0.335 e. The molecule has 9 atom stereocenters. The highest BCUT2D eigenvalue weighted by molar-refractivity contribution is 5.88. The van der Waals surface area contributed by atoms with Gasteiger partial charge in [-0.15, -0.1) is 0 Å². The Balaban J connectivity index is 1.28. The molecule has 1 aromatic carbocycles. The van der Waals surface area contributed by atoms with Crippen LogP contribution in [0.1, 0.15) is 122 Å². The number of carboxylic acid groups (broad SMARTS) is 2. The van der Waals surface area contributed by atoms with Crippen molar-refractivity contribution in [2.24, 2.45) is 56.7 Å². The summed E-state index contributed by atoms with van der Waals surface area (Å²) in [7, 11) is 0. The Morgan fingerprint density at radius 2 is 1.60 bits per heavy atom. The van der Waals surface area contributed by atoms with Crippen LogP contribution in [0.25, 0.3) is 5.57 Å². The number of nitrogens with one attached hydrogen (secondary N) is 1. The van der Waals surface area contributed by atoms with Gasteiger partial charge in [0.05, 0.1) is 17.5 Å². The zero-order valence-corrected chi connectivity index (χ0v) is 31.7. The van der Waals surface area contributed by atoms with Crippen LogP contribution in [0, 0.1) is 56.7 Å². The Bertz CT molecular complexity index is 1560. The molecule has 6 rings (SSSR count). The predicted octanol–water partition coefficient (Wildman–Crippen LogP) is 8.56. The fourth-order valence-electron chi connectivity index (χ4n) is 13.5. The van der Waals surface area contributed by atoms with Crippen molar-refractivity contribution in [3.05, 3.63) is 53.6 Å². The van der Waals surface area contributed by atoms with Gasteiger partial charge >= 0.3 is 11.9 Å². The van der Waals surface area contributed by atoms with Crippen LogP contribution < -0.4 is 5.32 Å². The molecule has 0 aromatic heterocycles. The molecule has 4 fully saturated rings. The third-order valence-corrected chi connectivity index (χ3v) is 16.1. The van der Waals surface area contributed by atoms with E-state index >= 15 is 0 Å². The molecule has 0 aliphatic heterocycles. The quantitative estimate of drug-likeness (QED) is 0.213. The standard InChI is InChI=1S/C43H62N2O5/c1-9-45(26-35(46)47)25-24-44-38(50)43-21-16-30(27(2)3)36(43)32-14-15-34-40(6)19-17-31(28-10-12-29(13-11-28)37(48)49)39(4,5)33(40)18-20-42(34,8)41(32,7)22-23-43/h10-13,17,30,32-34,36H,2,9,14-16,18-26H2,1,3-8H3,(H,44,50)(H,46,47)(H,48,49)/t30?,32-,33+,34-,36-,40+,41-,42-,43+/m1/s1. The third-order valence-electron chi connectivity index (χ3n) is 16.1.